The SMILES string of the molecule is CCCCOc1noc2c1C(=O)C1C(O)=C3C(=O)c4c(c(F)c5c(c4OCCCC)CNC5)C[C@H]3CC1[C@@H]2N(C)C. The second-order valence-electron chi connectivity index (χ2n) is 11.9. The number of aliphatic hydroxyl groups is 1. The van der Waals surface area contributed by atoms with Gasteiger partial charge in [0, 0.05) is 35.4 Å². The number of halogens is 1. The van der Waals surface area contributed by atoms with Crippen LogP contribution in [0.15, 0.2) is 15.9 Å². The Kier molecular flexibility index (Phi) is 7.40. The average molecular weight is 568 g/mol. The highest BCUT2D eigenvalue weighted by Crippen LogP contribution is 2.55. The predicted molar refractivity (Wildman–Crippen MR) is 148 cm³/mol. The lowest BCUT2D eigenvalue weighted by atomic mass is 9.60. The maximum Gasteiger partial charge on any atom is 0.265 e. The van der Waals surface area contributed by atoms with E-state index in [0.717, 1.165) is 25.7 Å². The first-order valence-electron chi connectivity index (χ1n) is 14.8. The van der Waals surface area contributed by atoms with Gasteiger partial charge in [0.2, 0.25) is 0 Å². The van der Waals surface area contributed by atoms with Crippen LogP contribution in [0, 0.1) is 23.6 Å². The number of allylic oxidation sites excluding steroid dienone is 2. The number of carbonyl (C=O) groups excluding carboxylic acids is 2. The first-order valence-corrected chi connectivity index (χ1v) is 14.8. The lowest BCUT2D eigenvalue weighted by Gasteiger charge is -2.45. The highest BCUT2D eigenvalue weighted by Gasteiger charge is 2.55. The number of ether oxygens (including phenoxy) is 2. The van der Waals surface area contributed by atoms with Gasteiger partial charge in [0.15, 0.2) is 17.3 Å². The van der Waals surface area contributed by atoms with E-state index in [1.807, 2.05) is 25.9 Å². The molecule has 9 nitrogen and oxygen atoms in total. The summed E-state index contributed by atoms with van der Waals surface area (Å²) in [4.78, 5) is 30.2. The number of Topliss-reactive ketones (excluding diaryl/α,β-unsaturated/α-hetero) is 2. The van der Waals surface area contributed by atoms with E-state index in [-0.39, 0.29) is 58.3 Å². The van der Waals surface area contributed by atoms with Crippen molar-refractivity contribution in [1.29, 1.82) is 0 Å². The van der Waals surface area contributed by atoms with Crippen molar-refractivity contribution in [3.8, 4) is 11.6 Å². The molecule has 0 saturated carbocycles. The number of nitrogens with one attached hydrogen (secondary N) is 1. The normalized spacial score (nSPS) is 24.6. The molecule has 0 saturated heterocycles. The van der Waals surface area contributed by atoms with Gasteiger partial charge < -0.3 is 24.4 Å². The summed E-state index contributed by atoms with van der Waals surface area (Å²) in [5, 5.41) is 19.1. The highest BCUT2D eigenvalue weighted by molar-refractivity contribution is 6.15. The van der Waals surface area contributed by atoms with E-state index < -0.39 is 17.6 Å². The molecule has 0 amide bonds. The van der Waals surface area contributed by atoms with Crippen molar-refractivity contribution in [2.24, 2.45) is 17.8 Å². The zero-order valence-electron chi connectivity index (χ0n) is 24.1. The number of hydrogen-bond donors (Lipinski definition) is 2. The molecule has 1 aromatic heterocycles. The molecule has 2 aromatic rings. The van der Waals surface area contributed by atoms with Crippen molar-refractivity contribution in [1.82, 2.24) is 15.4 Å². The Morgan fingerprint density at radius 2 is 1.76 bits per heavy atom. The average Bonchev–Trinajstić information content (AvgIpc) is 3.59. The standard InChI is InChI=1S/C31H38FN3O6/c1-5-7-9-39-29-19-14-33-13-18(19)24(32)16-11-15-12-17-21(26(36)20(15)27(37)22(16)29)28(38)23-30(25(17)35(3)4)41-34-31(23)40-10-8-6-2/h15,17,21,25,33,36H,5-14H2,1-4H3/t15-,17?,21?,25-/m0/s1. The van der Waals surface area contributed by atoms with Crippen molar-refractivity contribution in [2.75, 3.05) is 27.3 Å². The minimum atomic E-state index is -0.954. The van der Waals surface area contributed by atoms with Crippen LogP contribution in [-0.2, 0) is 19.5 Å². The van der Waals surface area contributed by atoms with E-state index in [9.17, 15) is 14.7 Å². The van der Waals surface area contributed by atoms with Crippen LogP contribution in [0.1, 0.15) is 95.2 Å². The number of hydrogen-bond acceptors (Lipinski definition) is 9. The molecule has 6 rings (SSSR count). The minimum Gasteiger partial charge on any atom is -0.511 e. The lowest BCUT2D eigenvalue weighted by molar-refractivity contribution is 0.0526. The van der Waals surface area contributed by atoms with Crippen molar-refractivity contribution in [2.45, 2.75) is 71.5 Å². The van der Waals surface area contributed by atoms with Crippen molar-refractivity contribution >= 4 is 11.6 Å². The Morgan fingerprint density at radius 3 is 2.46 bits per heavy atom. The molecular weight excluding hydrogens is 529 g/mol. The number of ketones is 2. The Morgan fingerprint density at radius 1 is 1.05 bits per heavy atom. The number of rotatable bonds is 9. The second-order valence-corrected chi connectivity index (χ2v) is 11.9. The largest absolute Gasteiger partial charge is 0.511 e. The number of fused-ring (bicyclic) bond motifs is 5. The van der Waals surface area contributed by atoms with Crippen LogP contribution in [0.2, 0.25) is 0 Å². The third-order valence-electron chi connectivity index (χ3n) is 9.11. The summed E-state index contributed by atoms with van der Waals surface area (Å²) in [7, 11) is 3.77. The zero-order chi connectivity index (χ0) is 29.0. The molecule has 220 valence electrons. The maximum absolute atomic E-state index is 16.0. The van der Waals surface area contributed by atoms with Gasteiger partial charge in [0.25, 0.3) is 5.88 Å². The molecule has 2 unspecified atom stereocenters. The summed E-state index contributed by atoms with van der Waals surface area (Å²) in [5.74, 6) is -2.24. The number of aromatic nitrogens is 1. The molecule has 0 bridgehead atoms. The van der Waals surface area contributed by atoms with E-state index >= 15 is 4.39 Å². The molecule has 0 fully saturated rings. The topological polar surface area (TPSA) is 114 Å². The molecule has 4 aliphatic rings. The van der Waals surface area contributed by atoms with Crippen LogP contribution in [0.5, 0.6) is 11.6 Å². The summed E-state index contributed by atoms with van der Waals surface area (Å²) in [6.45, 7) is 5.68. The first kappa shape index (κ1) is 27.9. The van der Waals surface area contributed by atoms with Crippen LogP contribution >= 0.6 is 0 Å². The summed E-state index contributed by atoms with van der Waals surface area (Å²) < 4.78 is 33.6. The Labute approximate surface area is 239 Å². The van der Waals surface area contributed by atoms with Crippen LogP contribution in [0.4, 0.5) is 4.39 Å². The highest BCUT2D eigenvalue weighted by atomic mass is 19.1. The summed E-state index contributed by atoms with van der Waals surface area (Å²) in [5.41, 5.74) is 2.19. The molecule has 2 N–H and O–H groups in total. The number of carbonyl (C=O) groups is 2. The van der Waals surface area contributed by atoms with Crippen LogP contribution in [0.3, 0.4) is 0 Å². The van der Waals surface area contributed by atoms with Gasteiger partial charge in [-0.25, -0.2) is 4.39 Å². The van der Waals surface area contributed by atoms with Crippen LogP contribution in [-0.4, -0.2) is 54.0 Å². The van der Waals surface area contributed by atoms with E-state index in [2.05, 4.69) is 17.4 Å². The van der Waals surface area contributed by atoms with E-state index in [0.29, 0.717) is 60.9 Å². The lowest BCUT2D eigenvalue weighted by Crippen LogP contribution is -2.46. The number of benzene rings is 1. The molecule has 0 spiro atoms. The van der Waals surface area contributed by atoms with Crippen molar-refractivity contribution in [3.05, 3.63) is 50.7 Å². The Bertz CT molecular complexity index is 1430. The Balaban J connectivity index is 1.46. The van der Waals surface area contributed by atoms with Gasteiger partial charge in [-0.1, -0.05) is 26.7 Å². The van der Waals surface area contributed by atoms with E-state index in [1.165, 1.54) is 0 Å². The number of nitrogens with zero attached hydrogens (tertiary/aromatic N) is 2. The molecule has 2 heterocycles. The van der Waals surface area contributed by atoms with Gasteiger partial charge >= 0.3 is 0 Å². The fraction of sp³-hybridized carbons (Fsp3) is 0.581. The van der Waals surface area contributed by atoms with E-state index in [4.69, 9.17) is 14.0 Å². The summed E-state index contributed by atoms with van der Waals surface area (Å²) in [6, 6.07) is -0.383. The summed E-state index contributed by atoms with van der Waals surface area (Å²) in [6.07, 6.45) is 4.09. The van der Waals surface area contributed by atoms with Gasteiger partial charge in [-0.05, 0) is 56.8 Å². The molecule has 0 radical (unpaired) electrons. The zero-order valence-corrected chi connectivity index (χ0v) is 24.1. The minimum absolute atomic E-state index is 0.126. The Hall–Kier alpha value is -3.24. The number of aliphatic hydroxyl groups excluding tert-OH is 1. The van der Waals surface area contributed by atoms with Crippen LogP contribution in [0.25, 0.3) is 0 Å². The second kappa shape index (κ2) is 10.9. The molecule has 10 heteroatoms. The monoisotopic (exact) mass is 567 g/mol. The third-order valence-corrected chi connectivity index (χ3v) is 9.11. The molecule has 1 aromatic carbocycles. The quantitative estimate of drug-likeness (QED) is 0.401. The maximum atomic E-state index is 16.0. The number of unbranched alkanes of at least 4 members (excludes halogenated alkanes) is 2. The predicted octanol–water partition coefficient (Wildman–Crippen LogP) is 5.08. The van der Waals surface area contributed by atoms with Crippen molar-refractivity contribution < 1.29 is 33.1 Å². The van der Waals surface area contributed by atoms with Gasteiger partial charge in [-0.2, -0.15) is 0 Å². The fourth-order valence-corrected chi connectivity index (χ4v) is 7.20. The van der Waals surface area contributed by atoms with Gasteiger partial charge in [-0.3, -0.25) is 14.5 Å². The fourth-order valence-electron chi connectivity index (χ4n) is 7.20. The molecule has 3 aliphatic carbocycles. The van der Waals surface area contributed by atoms with Gasteiger partial charge in [0.05, 0.1) is 30.7 Å². The third kappa shape index (κ3) is 4.29. The molecular formula is C31H38FN3O6. The molecule has 41 heavy (non-hydrogen) atoms. The van der Waals surface area contributed by atoms with Gasteiger partial charge in [-0.15, -0.1) is 0 Å². The van der Waals surface area contributed by atoms with Crippen molar-refractivity contribution in [3.63, 3.8) is 0 Å². The smallest absolute Gasteiger partial charge is 0.265 e. The molecule has 1 aliphatic heterocycles. The molecule has 4 atom stereocenters. The van der Waals surface area contributed by atoms with Crippen LogP contribution < -0.4 is 14.8 Å². The first-order chi connectivity index (χ1) is 19.8. The van der Waals surface area contributed by atoms with Gasteiger partial charge in [0.1, 0.15) is 22.9 Å². The van der Waals surface area contributed by atoms with E-state index in [1.54, 1.807) is 0 Å². The summed E-state index contributed by atoms with van der Waals surface area (Å²) >= 11 is 0.